The Kier molecular flexibility index (Phi) is 4.28. The highest BCUT2D eigenvalue weighted by molar-refractivity contribution is 5.83. The molecule has 2 amide bonds. The lowest BCUT2D eigenvalue weighted by molar-refractivity contribution is 0.249. The number of hydrogen-bond acceptors (Lipinski definition) is 2. The van der Waals surface area contributed by atoms with Gasteiger partial charge in [-0.05, 0) is 11.1 Å². The molecule has 0 radical (unpaired) electrons. The maximum absolute atomic E-state index is 12.2. The number of hydrogen-bond donors (Lipinski definition) is 2. The van der Waals surface area contributed by atoms with Gasteiger partial charge in [0.2, 0.25) is 0 Å². The van der Waals surface area contributed by atoms with E-state index in [-0.39, 0.29) is 0 Å². The van der Waals surface area contributed by atoms with Crippen molar-refractivity contribution in [1.82, 2.24) is 5.43 Å². The van der Waals surface area contributed by atoms with Crippen molar-refractivity contribution in [3.63, 3.8) is 0 Å². The molecule has 0 aromatic heterocycles. The standard InChI is InChI=1S/C10H12FN3O/c11-6-5-8-3-1-2-4-9(8)7-13-14-10(12)15/h1-4,7H,5-6H2,(H3,12,14,15). The van der Waals surface area contributed by atoms with Crippen LogP contribution in [0.3, 0.4) is 0 Å². The Balaban J connectivity index is 2.74. The number of carbonyl (C=O) groups is 1. The number of rotatable bonds is 4. The van der Waals surface area contributed by atoms with Gasteiger partial charge in [-0.25, -0.2) is 10.2 Å². The van der Waals surface area contributed by atoms with Gasteiger partial charge in [-0.15, -0.1) is 0 Å². The van der Waals surface area contributed by atoms with Crippen LogP contribution >= 0.6 is 0 Å². The van der Waals surface area contributed by atoms with Gasteiger partial charge < -0.3 is 5.73 Å². The number of primary amides is 1. The Labute approximate surface area is 87.0 Å². The first kappa shape index (κ1) is 11.2. The molecule has 0 bridgehead atoms. The second-order valence-electron chi connectivity index (χ2n) is 2.87. The quantitative estimate of drug-likeness (QED) is 0.567. The number of benzene rings is 1. The number of alkyl halides is 1. The Morgan fingerprint density at radius 3 is 2.93 bits per heavy atom. The lowest BCUT2D eigenvalue weighted by atomic mass is 10.1. The van der Waals surface area contributed by atoms with Crippen LogP contribution < -0.4 is 11.2 Å². The second kappa shape index (κ2) is 5.74. The van der Waals surface area contributed by atoms with E-state index in [1.807, 2.05) is 18.2 Å². The summed E-state index contributed by atoms with van der Waals surface area (Å²) in [5.41, 5.74) is 8.52. The summed E-state index contributed by atoms with van der Waals surface area (Å²) >= 11 is 0. The molecule has 0 aliphatic carbocycles. The highest BCUT2D eigenvalue weighted by Gasteiger charge is 1.98. The molecule has 15 heavy (non-hydrogen) atoms. The monoisotopic (exact) mass is 209 g/mol. The molecule has 80 valence electrons. The summed E-state index contributed by atoms with van der Waals surface area (Å²) in [7, 11) is 0. The smallest absolute Gasteiger partial charge is 0.332 e. The maximum atomic E-state index is 12.2. The van der Waals surface area contributed by atoms with Gasteiger partial charge in [-0.3, -0.25) is 4.39 Å². The van der Waals surface area contributed by atoms with E-state index in [2.05, 4.69) is 10.5 Å². The maximum Gasteiger partial charge on any atom is 0.332 e. The summed E-state index contributed by atoms with van der Waals surface area (Å²) in [6, 6.07) is 6.51. The summed E-state index contributed by atoms with van der Waals surface area (Å²) in [6.07, 6.45) is 1.77. The minimum atomic E-state index is -0.728. The van der Waals surface area contributed by atoms with Crippen LogP contribution in [0.5, 0.6) is 0 Å². The highest BCUT2D eigenvalue weighted by atomic mass is 19.1. The fourth-order valence-corrected chi connectivity index (χ4v) is 1.16. The summed E-state index contributed by atoms with van der Waals surface area (Å²) in [5.74, 6) is 0. The van der Waals surface area contributed by atoms with Crippen LogP contribution in [-0.4, -0.2) is 18.9 Å². The number of halogens is 1. The first-order valence-corrected chi connectivity index (χ1v) is 4.46. The number of hydrazone groups is 1. The predicted molar refractivity (Wildman–Crippen MR) is 56.4 cm³/mol. The van der Waals surface area contributed by atoms with Crippen molar-refractivity contribution in [3.05, 3.63) is 35.4 Å². The molecule has 1 rings (SSSR count). The minimum Gasteiger partial charge on any atom is -0.350 e. The number of nitrogens with zero attached hydrogens (tertiary/aromatic N) is 1. The molecule has 0 saturated heterocycles. The first-order valence-electron chi connectivity index (χ1n) is 4.46. The van der Waals surface area contributed by atoms with Crippen LogP contribution in [0, 0.1) is 0 Å². The third-order valence-corrected chi connectivity index (χ3v) is 1.80. The molecule has 0 heterocycles. The number of amides is 2. The van der Waals surface area contributed by atoms with Crippen molar-refractivity contribution in [1.29, 1.82) is 0 Å². The van der Waals surface area contributed by atoms with E-state index in [0.29, 0.717) is 6.42 Å². The van der Waals surface area contributed by atoms with Gasteiger partial charge in [0.1, 0.15) is 0 Å². The molecule has 3 N–H and O–H groups in total. The van der Waals surface area contributed by atoms with E-state index in [4.69, 9.17) is 5.73 Å². The topological polar surface area (TPSA) is 67.5 Å². The fraction of sp³-hybridized carbons (Fsp3) is 0.200. The molecule has 0 atom stereocenters. The number of nitrogens with two attached hydrogens (primary N) is 1. The molecule has 1 aromatic rings. The van der Waals surface area contributed by atoms with Crippen LogP contribution in [0.25, 0.3) is 0 Å². The van der Waals surface area contributed by atoms with Crippen molar-refractivity contribution in [2.45, 2.75) is 6.42 Å². The zero-order valence-electron chi connectivity index (χ0n) is 8.11. The summed E-state index contributed by atoms with van der Waals surface area (Å²) in [6.45, 7) is -0.423. The van der Waals surface area contributed by atoms with Crippen molar-refractivity contribution in [2.75, 3.05) is 6.67 Å². The van der Waals surface area contributed by atoms with E-state index >= 15 is 0 Å². The molecule has 0 unspecified atom stereocenters. The lowest BCUT2D eigenvalue weighted by Gasteiger charge is -2.01. The second-order valence-corrected chi connectivity index (χ2v) is 2.87. The fourth-order valence-electron chi connectivity index (χ4n) is 1.16. The molecule has 0 spiro atoms. The van der Waals surface area contributed by atoms with Gasteiger partial charge in [-0.2, -0.15) is 5.10 Å². The molecular formula is C10H12FN3O. The van der Waals surface area contributed by atoms with Gasteiger partial charge in [0, 0.05) is 6.42 Å². The zero-order valence-corrected chi connectivity index (χ0v) is 8.11. The van der Waals surface area contributed by atoms with Gasteiger partial charge in [0.25, 0.3) is 0 Å². The minimum absolute atomic E-state index is 0.332. The van der Waals surface area contributed by atoms with E-state index in [0.717, 1.165) is 11.1 Å². The van der Waals surface area contributed by atoms with Crippen molar-refractivity contribution in [3.8, 4) is 0 Å². The Bertz CT molecular complexity index is 365. The predicted octanol–water partition coefficient (Wildman–Crippen LogP) is 1.20. The van der Waals surface area contributed by atoms with Crippen LogP contribution in [0.4, 0.5) is 9.18 Å². The average molecular weight is 209 g/mol. The van der Waals surface area contributed by atoms with E-state index < -0.39 is 12.7 Å². The Hall–Kier alpha value is -1.91. The zero-order chi connectivity index (χ0) is 11.1. The van der Waals surface area contributed by atoms with Crippen LogP contribution in [0.2, 0.25) is 0 Å². The largest absolute Gasteiger partial charge is 0.350 e. The van der Waals surface area contributed by atoms with Gasteiger partial charge in [0.05, 0.1) is 12.9 Å². The van der Waals surface area contributed by atoms with E-state index in [9.17, 15) is 9.18 Å². The Morgan fingerprint density at radius 2 is 2.27 bits per heavy atom. The summed E-state index contributed by atoms with van der Waals surface area (Å²) in [5, 5.41) is 3.61. The summed E-state index contributed by atoms with van der Waals surface area (Å²) < 4.78 is 12.2. The first-order chi connectivity index (χ1) is 7.24. The Morgan fingerprint density at radius 1 is 1.53 bits per heavy atom. The molecule has 4 nitrogen and oxygen atoms in total. The van der Waals surface area contributed by atoms with Gasteiger partial charge in [-0.1, -0.05) is 24.3 Å². The molecule has 0 saturated carbocycles. The number of urea groups is 1. The molecular weight excluding hydrogens is 197 g/mol. The van der Waals surface area contributed by atoms with Crippen molar-refractivity contribution in [2.24, 2.45) is 10.8 Å². The summed E-state index contributed by atoms with van der Waals surface area (Å²) in [4.78, 5) is 10.3. The lowest BCUT2D eigenvalue weighted by Crippen LogP contribution is -2.24. The van der Waals surface area contributed by atoms with Crippen molar-refractivity contribution < 1.29 is 9.18 Å². The number of nitrogens with one attached hydrogen (secondary N) is 1. The van der Waals surface area contributed by atoms with Crippen molar-refractivity contribution >= 4 is 12.2 Å². The number of carbonyl (C=O) groups excluding carboxylic acids is 1. The van der Waals surface area contributed by atoms with Crippen LogP contribution in [0.1, 0.15) is 11.1 Å². The van der Waals surface area contributed by atoms with Gasteiger partial charge in [0.15, 0.2) is 0 Å². The van der Waals surface area contributed by atoms with Crippen LogP contribution in [0.15, 0.2) is 29.4 Å². The average Bonchev–Trinajstić information content (AvgIpc) is 2.20. The third kappa shape index (κ3) is 3.76. The molecule has 0 fully saturated rings. The molecule has 5 heteroatoms. The number of aryl methyl sites for hydroxylation is 1. The van der Waals surface area contributed by atoms with Gasteiger partial charge >= 0.3 is 6.03 Å². The van der Waals surface area contributed by atoms with E-state index in [1.54, 1.807) is 6.07 Å². The normalized spacial score (nSPS) is 10.5. The molecule has 1 aromatic carbocycles. The molecule has 0 aliphatic rings. The highest BCUT2D eigenvalue weighted by Crippen LogP contribution is 2.07. The molecule has 0 aliphatic heterocycles. The third-order valence-electron chi connectivity index (χ3n) is 1.80. The van der Waals surface area contributed by atoms with E-state index in [1.165, 1.54) is 6.21 Å². The SMILES string of the molecule is NC(=O)NN=Cc1ccccc1CCF. The van der Waals surface area contributed by atoms with Crippen LogP contribution in [-0.2, 0) is 6.42 Å².